The van der Waals surface area contributed by atoms with Crippen LogP contribution in [0.1, 0.15) is 41.7 Å². The molecule has 0 bridgehead atoms. The van der Waals surface area contributed by atoms with Crippen molar-refractivity contribution in [1.82, 2.24) is 24.4 Å². The van der Waals surface area contributed by atoms with Crippen LogP contribution in [0.3, 0.4) is 0 Å². The molecule has 0 aromatic carbocycles. The Morgan fingerprint density at radius 1 is 1.20 bits per heavy atom. The fourth-order valence-corrected chi connectivity index (χ4v) is 4.89. The van der Waals surface area contributed by atoms with Crippen molar-refractivity contribution in [2.45, 2.75) is 50.0 Å². The maximum atomic E-state index is 13.5. The highest BCUT2D eigenvalue weighted by molar-refractivity contribution is 5.97. The Kier molecular flexibility index (Phi) is 4.75. The molecule has 1 aliphatic carbocycles. The second-order valence-electron chi connectivity index (χ2n) is 8.80. The zero-order valence-electron chi connectivity index (χ0n) is 18.2. The molecule has 35 heavy (non-hydrogen) atoms. The Bertz CT molecular complexity index is 1450. The highest BCUT2D eigenvalue weighted by Crippen LogP contribution is 2.47. The van der Waals surface area contributed by atoms with E-state index in [-0.39, 0.29) is 35.7 Å². The van der Waals surface area contributed by atoms with Gasteiger partial charge in [-0.25, -0.2) is 19.3 Å². The van der Waals surface area contributed by atoms with E-state index >= 15 is 0 Å². The minimum atomic E-state index is -4.84. The highest BCUT2D eigenvalue weighted by Gasteiger charge is 2.59. The van der Waals surface area contributed by atoms with Crippen molar-refractivity contribution in [2.75, 3.05) is 5.32 Å². The summed E-state index contributed by atoms with van der Waals surface area (Å²) in [5.74, 6) is -0.458. The van der Waals surface area contributed by atoms with Gasteiger partial charge in [-0.15, -0.1) is 0 Å². The van der Waals surface area contributed by atoms with Gasteiger partial charge < -0.3 is 20.8 Å². The Balaban J connectivity index is 1.58. The topological polar surface area (TPSA) is 151 Å². The van der Waals surface area contributed by atoms with Gasteiger partial charge in [-0.1, -0.05) is 0 Å². The number of rotatable bonds is 2. The van der Waals surface area contributed by atoms with Crippen molar-refractivity contribution in [1.29, 1.82) is 0 Å². The van der Waals surface area contributed by atoms with E-state index < -0.39 is 47.8 Å². The normalized spacial score (nSPS) is 24.0. The molecule has 0 atom stereocenters. The molecule has 0 unspecified atom stereocenters. The molecule has 4 heterocycles. The zero-order chi connectivity index (χ0) is 25.3. The van der Waals surface area contributed by atoms with E-state index in [4.69, 9.17) is 0 Å². The van der Waals surface area contributed by atoms with Crippen molar-refractivity contribution < 1.29 is 33.0 Å². The summed E-state index contributed by atoms with van der Waals surface area (Å²) in [5.41, 5.74) is -4.50. The number of aliphatic hydroxyl groups is 1. The van der Waals surface area contributed by atoms with Crippen LogP contribution < -0.4 is 16.2 Å². The number of carboxylic acid groups (broad SMARTS) is 1. The van der Waals surface area contributed by atoms with Crippen molar-refractivity contribution in [2.24, 2.45) is 0 Å². The maximum Gasteiger partial charge on any atom is 0.417 e. The number of amides is 1. The van der Waals surface area contributed by atoms with E-state index in [9.17, 15) is 37.8 Å². The predicted molar refractivity (Wildman–Crippen MR) is 115 cm³/mol. The molecule has 1 spiro atoms. The van der Waals surface area contributed by atoms with Gasteiger partial charge in [0.25, 0.3) is 11.5 Å². The predicted octanol–water partition coefficient (Wildman–Crippen LogP) is 2.43. The van der Waals surface area contributed by atoms with Gasteiger partial charge in [0, 0.05) is 6.20 Å². The first-order chi connectivity index (χ1) is 16.4. The molecular formula is C21H19F3N6O5. The average molecular weight is 492 g/mol. The summed E-state index contributed by atoms with van der Waals surface area (Å²) in [7, 11) is 0. The van der Waals surface area contributed by atoms with Gasteiger partial charge in [-0.3, -0.25) is 14.2 Å². The first-order valence-electron chi connectivity index (χ1n) is 10.6. The monoisotopic (exact) mass is 492 g/mol. The number of aryl methyl sites for hydroxylation is 1. The molecule has 184 valence electrons. The second-order valence-corrected chi connectivity index (χ2v) is 8.80. The van der Waals surface area contributed by atoms with Gasteiger partial charge in [0.15, 0.2) is 11.2 Å². The van der Waals surface area contributed by atoms with Crippen LogP contribution in [0.4, 0.5) is 29.5 Å². The maximum absolute atomic E-state index is 13.5. The third kappa shape index (κ3) is 3.27. The van der Waals surface area contributed by atoms with Crippen molar-refractivity contribution >= 4 is 34.5 Å². The summed E-state index contributed by atoms with van der Waals surface area (Å²) < 4.78 is 42.0. The third-order valence-corrected chi connectivity index (χ3v) is 6.75. The highest BCUT2D eigenvalue weighted by atomic mass is 19.4. The van der Waals surface area contributed by atoms with Gasteiger partial charge in [0.1, 0.15) is 29.2 Å². The van der Waals surface area contributed by atoms with Crippen LogP contribution in [0.2, 0.25) is 0 Å². The van der Waals surface area contributed by atoms with E-state index in [1.807, 2.05) is 0 Å². The van der Waals surface area contributed by atoms with E-state index in [0.717, 1.165) is 15.5 Å². The van der Waals surface area contributed by atoms with Crippen LogP contribution in [-0.2, 0) is 5.66 Å². The number of hydrogen-bond acceptors (Lipinski definition) is 7. The van der Waals surface area contributed by atoms with Gasteiger partial charge in [0.05, 0.1) is 5.39 Å². The molecule has 0 saturated heterocycles. The van der Waals surface area contributed by atoms with E-state index in [2.05, 4.69) is 20.6 Å². The smallest absolute Gasteiger partial charge is 0.417 e. The first kappa shape index (κ1) is 22.8. The number of carbonyl (C=O) groups is 2. The molecule has 5 rings (SSSR count). The lowest BCUT2D eigenvalue weighted by molar-refractivity contribution is -0.275. The molecule has 11 nitrogen and oxygen atoms in total. The number of fused-ring (bicyclic) bond motifs is 3. The Morgan fingerprint density at radius 2 is 1.89 bits per heavy atom. The molecule has 3 aromatic heterocycles. The Morgan fingerprint density at radius 3 is 2.51 bits per heavy atom. The summed E-state index contributed by atoms with van der Waals surface area (Å²) >= 11 is 0. The lowest BCUT2D eigenvalue weighted by Gasteiger charge is -2.43. The molecule has 3 aromatic rings. The lowest BCUT2D eigenvalue weighted by Crippen LogP contribution is -2.57. The number of aromatic nitrogens is 4. The van der Waals surface area contributed by atoms with Gasteiger partial charge in [-0.2, -0.15) is 13.2 Å². The number of nitrogens with one attached hydrogen (secondary N) is 2. The number of nitrogens with zero attached hydrogens (tertiary/aromatic N) is 4. The minimum absolute atomic E-state index is 0.0122. The van der Waals surface area contributed by atoms with Crippen molar-refractivity contribution in [3.05, 3.63) is 46.3 Å². The van der Waals surface area contributed by atoms with E-state index in [1.165, 1.54) is 18.3 Å². The average Bonchev–Trinajstić information content (AvgIpc) is 3.34. The molecular weight excluding hydrogens is 473 g/mol. The van der Waals surface area contributed by atoms with E-state index in [0.29, 0.717) is 10.9 Å². The summed E-state index contributed by atoms with van der Waals surface area (Å²) in [5, 5.41) is 25.2. The molecule has 2 aliphatic rings. The summed E-state index contributed by atoms with van der Waals surface area (Å²) in [6.45, 7) is 1.58. The molecule has 4 N–H and O–H groups in total. The first-order valence-corrected chi connectivity index (χ1v) is 10.6. The third-order valence-electron chi connectivity index (χ3n) is 6.75. The molecule has 1 saturated carbocycles. The SMILES string of the molecule is Cc1cc(Nc2ncnc3c2ccn3C(=O)O)c(=O)n2c1C(=O)NC21CCC(O)(C(F)(F)F)CC1. The molecule has 1 fully saturated rings. The van der Waals surface area contributed by atoms with Crippen LogP contribution in [0.15, 0.2) is 29.5 Å². The molecule has 1 amide bonds. The minimum Gasteiger partial charge on any atom is -0.464 e. The van der Waals surface area contributed by atoms with Crippen LogP contribution in [-0.4, -0.2) is 53.1 Å². The fraction of sp³-hybridized carbons (Fsp3) is 0.381. The quantitative estimate of drug-likeness (QED) is 0.426. The number of hydrogen-bond donors (Lipinski definition) is 4. The summed E-state index contributed by atoms with van der Waals surface area (Å²) in [4.78, 5) is 45.7. The van der Waals surface area contributed by atoms with Gasteiger partial charge in [0.2, 0.25) is 0 Å². The largest absolute Gasteiger partial charge is 0.464 e. The lowest BCUT2D eigenvalue weighted by atomic mass is 9.78. The van der Waals surface area contributed by atoms with Crippen molar-refractivity contribution in [3.8, 4) is 0 Å². The van der Waals surface area contributed by atoms with Gasteiger partial charge >= 0.3 is 12.3 Å². The molecule has 1 aliphatic heterocycles. The standard InChI is InChI=1S/C21H19F3N6O5/c1-10-8-12(27-14-11-2-7-29(18(33)34)15(11)26-9-25-14)17(32)30-13(10)16(31)28-20(30)5-3-19(35,4-6-20)21(22,23)24/h2,7-9,35H,3-6H2,1H3,(H,28,31)(H,33,34)(H,25,26,27). The van der Waals surface area contributed by atoms with Crippen molar-refractivity contribution in [3.63, 3.8) is 0 Å². The Labute approximate surface area is 194 Å². The zero-order valence-corrected chi connectivity index (χ0v) is 18.2. The van der Waals surface area contributed by atoms with Crippen LogP contribution in [0.25, 0.3) is 11.0 Å². The number of alkyl halides is 3. The van der Waals surface area contributed by atoms with Crippen LogP contribution in [0, 0.1) is 6.92 Å². The Hall–Kier alpha value is -3.94. The number of pyridine rings is 1. The van der Waals surface area contributed by atoms with Crippen LogP contribution >= 0.6 is 0 Å². The van der Waals surface area contributed by atoms with Crippen LogP contribution in [0.5, 0.6) is 0 Å². The number of carbonyl (C=O) groups excluding carboxylic acids is 1. The fourth-order valence-electron chi connectivity index (χ4n) is 4.89. The number of halogens is 3. The van der Waals surface area contributed by atoms with Gasteiger partial charge in [-0.05, 0) is 50.3 Å². The second kappa shape index (κ2) is 7.28. The summed E-state index contributed by atoms with van der Waals surface area (Å²) in [6.07, 6.45) is -5.69. The molecule has 0 radical (unpaired) electrons. The number of anilines is 2. The summed E-state index contributed by atoms with van der Waals surface area (Å²) in [6, 6.07) is 2.87. The van der Waals surface area contributed by atoms with E-state index in [1.54, 1.807) is 6.92 Å². The molecule has 14 heteroatoms.